The summed E-state index contributed by atoms with van der Waals surface area (Å²) in [7, 11) is 0. The molecule has 0 saturated heterocycles. The number of hydrogen-bond acceptors (Lipinski definition) is 2. The van der Waals surface area contributed by atoms with Gasteiger partial charge in [-0.3, -0.25) is 0 Å². The molecule has 0 saturated carbocycles. The van der Waals surface area contributed by atoms with Crippen molar-refractivity contribution < 1.29 is 9.47 Å². The first-order chi connectivity index (χ1) is 12.0. The Balaban J connectivity index is 2.80. The van der Waals surface area contributed by atoms with E-state index in [0.717, 1.165) is 24.5 Å². The molecule has 0 spiro atoms. The highest BCUT2D eigenvalue weighted by atomic mass is 16.7. The lowest BCUT2D eigenvalue weighted by Crippen LogP contribution is -2.30. The lowest BCUT2D eigenvalue weighted by atomic mass is 9.88. The lowest BCUT2D eigenvalue weighted by Gasteiger charge is -2.27. The molecule has 0 amide bonds. The SMILES string of the molecule is CCCC(CCC)C(OCC)Oc1ccc(C(CC)CC(C)C)cc1. The average Bonchev–Trinajstić information content (AvgIpc) is 2.60. The van der Waals surface area contributed by atoms with Crippen molar-refractivity contribution in [1.29, 1.82) is 0 Å². The van der Waals surface area contributed by atoms with Gasteiger partial charge in [0.1, 0.15) is 5.75 Å². The maximum absolute atomic E-state index is 6.25. The summed E-state index contributed by atoms with van der Waals surface area (Å²) in [4.78, 5) is 0. The van der Waals surface area contributed by atoms with E-state index < -0.39 is 0 Å². The molecular formula is C23H40O2. The summed E-state index contributed by atoms with van der Waals surface area (Å²) in [6, 6.07) is 8.73. The molecule has 1 aromatic carbocycles. The van der Waals surface area contributed by atoms with Crippen molar-refractivity contribution in [1.82, 2.24) is 0 Å². The van der Waals surface area contributed by atoms with E-state index in [2.05, 4.69) is 58.9 Å². The monoisotopic (exact) mass is 348 g/mol. The van der Waals surface area contributed by atoms with Gasteiger partial charge in [0.2, 0.25) is 6.29 Å². The Hall–Kier alpha value is -1.02. The predicted molar refractivity (Wildman–Crippen MR) is 108 cm³/mol. The first-order valence-corrected chi connectivity index (χ1v) is 10.4. The molecule has 2 unspecified atom stereocenters. The molecule has 2 atom stereocenters. The summed E-state index contributed by atoms with van der Waals surface area (Å²) in [6.45, 7) is 14.1. The van der Waals surface area contributed by atoms with Crippen LogP contribution in [0.5, 0.6) is 5.75 Å². The van der Waals surface area contributed by atoms with Crippen LogP contribution in [0.15, 0.2) is 24.3 Å². The van der Waals surface area contributed by atoms with Crippen LogP contribution < -0.4 is 4.74 Å². The Labute approximate surface area is 156 Å². The van der Waals surface area contributed by atoms with Crippen LogP contribution in [-0.4, -0.2) is 12.9 Å². The van der Waals surface area contributed by atoms with E-state index in [1.54, 1.807) is 0 Å². The molecule has 2 heteroatoms. The molecule has 2 nitrogen and oxygen atoms in total. The lowest BCUT2D eigenvalue weighted by molar-refractivity contribution is -0.115. The molecule has 0 aliphatic carbocycles. The molecule has 0 heterocycles. The van der Waals surface area contributed by atoms with E-state index in [-0.39, 0.29) is 6.29 Å². The van der Waals surface area contributed by atoms with E-state index >= 15 is 0 Å². The zero-order valence-corrected chi connectivity index (χ0v) is 17.4. The first-order valence-electron chi connectivity index (χ1n) is 10.4. The van der Waals surface area contributed by atoms with E-state index in [1.165, 1.54) is 31.2 Å². The van der Waals surface area contributed by atoms with Crippen LogP contribution in [0.2, 0.25) is 0 Å². The smallest absolute Gasteiger partial charge is 0.202 e. The van der Waals surface area contributed by atoms with Crippen molar-refractivity contribution in [3.8, 4) is 5.75 Å². The van der Waals surface area contributed by atoms with Crippen LogP contribution >= 0.6 is 0 Å². The van der Waals surface area contributed by atoms with Crippen LogP contribution in [0, 0.1) is 11.8 Å². The highest BCUT2D eigenvalue weighted by molar-refractivity contribution is 5.29. The third-order valence-electron chi connectivity index (χ3n) is 4.89. The Morgan fingerprint density at radius 1 is 0.880 bits per heavy atom. The van der Waals surface area contributed by atoms with Crippen molar-refractivity contribution in [2.45, 2.75) is 92.3 Å². The molecule has 0 N–H and O–H groups in total. The van der Waals surface area contributed by atoms with Gasteiger partial charge in [-0.05, 0) is 62.1 Å². The number of rotatable bonds is 13. The van der Waals surface area contributed by atoms with Gasteiger partial charge in [0.05, 0.1) is 0 Å². The van der Waals surface area contributed by atoms with Crippen molar-refractivity contribution >= 4 is 0 Å². The van der Waals surface area contributed by atoms with Gasteiger partial charge in [0, 0.05) is 12.5 Å². The molecule has 0 radical (unpaired) electrons. The molecule has 25 heavy (non-hydrogen) atoms. The number of hydrogen-bond donors (Lipinski definition) is 0. The van der Waals surface area contributed by atoms with Crippen molar-refractivity contribution in [3.05, 3.63) is 29.8 Å². The van der Waals surface area contributed by atoms with Crippen molar-refractivity contribution in [3.63, 3.8) is 0 Å². The van der Waals surface area contributed by atoms with Gasteiger partial charge in [0.25, 0.3) is 0 Å². The fourth-order valence-electron chi connectivity index (χ4n) is 3.65. The van der Waals surface area contributed by atoms with E-state index in [9.17, 15) is 0 Å². The number of ether oxygens (including phenoxy) is 2. The summed E-state index contributed by atoms with van der Waals surface area (Å²) in [5.74, 6) is 2.77. The van der Waals surface area contributed by atoms with Crippen LogP contribution in [0.4, 0.5) is 0 Å². The summed E-state index contributed by atoms with van der Waals surface area (Å²) in [5, 5.41) is 0. The van der Waals surface area contributed by atoms with Gasteiger partial charge in [-0.25, -0.2) is 0 Å². The van der Waals surface area contributed by atoms with Crippen LogP contribution in [0.1, 0.15) is 91.5 Å². The maximum atomic E-state index is 6.25. The second-order valence-corrected chi connectivity index (χ2v) is 7.58. The standard InChI is InChI=1S/C23H40O2/c1-7-11-21(12-8-2)23(24-10-4)25-22-15-13-20(14-16-22)19(9-3)17-18(5)6/h13-16,18-19,21,23H,7-12,17H2,1-6H3. The predicted octanol–water partition coefficient (Wildman–Crippen LogP) is 7.18. The second-order valence-electron chi connectivity index (χ2n) is 7.58. The molecular weight excluding hydrogens is 308 g/mol. The highest BCUT2D eigenvalue weighted by Crippen LogP contribution is 2.29. The molecule has 0 aliphatic rings. The van der Waals surface area contributed by atoms with Gasteiger partial charge >= 0.3 is 0 Å². The van der Waals surface area contributed by atoms with Crippen LogP contribution in [0.3, 0.4) is 0 Å². The van der Waals surface area contributed by atoms with Crippen molar-refractivity contribution in [2.24, 2.45) is 11.8 Å². The van der Waals surface area contributed by atoms with Crippen LogP contribution in [0.25, 0.3) is 0 Å². The van der Waals surface area contributed by atoms with E-state index in [0.29, 0.717) is 18.4 Å². The van der Waals surface area contributed by atoms with Gasteiger partial charge in [-0.15, -0.1) is 0 Å². The molecule has 0 bridgehead atoms. The second kappa shape index (κ2) is 12.4. The molecule has 0 fully saturated rings. The number of benzene rings is 1. The zero-order chi connectivity index (χ0) is 18.7. The average molecular weight is 349 g/mol. The summed E-state index contributed by atoms with van der Waals surface area (Å²) in [5.41, 5.74) is 1.43. The summed E-state index contributed by atoms with van der Waals surface area (Å²) in [6.07, 6.45) is 6.95. The topological polar surface area (TPSA) is 18.5 Å². The molecule has 1 rings (SSSR count). The Bertz CT molecular complexity index is 432. The third-order valence-corrected chi connectivity index (χ3v) is 4.89. The zero-order valence-electron chi connectivity index (χ0n) is 17.4. The minimum atomic E-state index is -0.131. The largest absolute Gasteiger partial charge is 0.465 e. The maximum Gasteiger partial charge on any atom is 0.202 e. The summed E-state index contributed by atoms with van der Waals surface area (Å²) < 4.78 is 12.2. The first kappa shape index (κ1) is 22.0. The minimum absolute atomic E-state index is 0.131. The third kappa shape index (κ3) is 7.81. The molecule has 0 aromatic heterocycles. The molecule has 1 aromatic rings. The highest BCUT2D eigenvalue weighted by Gasteiger charge is 2.22. The fraction of sp³-hybridized carbons (Fsp3) is 0.739. The Morgan fingerprint density at radius 3 is 1.92 bits per heavy atom. The molecule has 0 aliphatic heterocycles. The van der Waals surface area contributed by atoms with E-state index in [1.807, 2.05) is 6.92 Å². The van der Waals surface area contributed by atoms with Gasteiger partial charge in [0.15, 0.2) is 0 Å². The van der Waals surface area contributed by atoms with E-state index in [4.69, 9.17) is 9.47 Å². The normalized spacial score (nSPS) is 14.1. The fourth-order valence-corrected chi connectivity index (χ4v) is 3.65. The quantitative estimate of drug-likeness (QED) is 0.351. The molecule has 144 valence electrons. The van der Waals surface area contributed by atoms with Crippen molar-refractivity contribution in [2.75, 3.05) is 6.61 Å². The summed E-state index contributed by atoms with van der Waals surface area (Å²) >= 11 is 0. The van der Waals surface area contributed by atoms with Gasteiger partial charge in [-0.1, -0.05) is 59.6 Å². The minimum Gasteiger partial charge on any atom is -0.465 e. The Morgan fingerprint density at radius 2 is 1.48 bits per heavy atom. The van der Waals surface area contributed by atoms with Crippen LogP contribution in [-0.2, 0) is 4.74 Å². The van der Waals surface area contributed by atoms with Gasteiger partial charge < -0.3 is 9.47 Å². The Kier molecular flexibility index (Phi) is 10.9. The van der Waals surface area contributed by atoms with Gasteiger partial charge in [-0.2, -0.15) is 0 Å².